The lowest BCUT2D eigenvalue weighted by Crippen LogP contribution is -2.12. The van der Waals surface area contributed by atoms with E-state index in [1.807, 2.05) is 37.4 Å². The van der Waals surface area contributed by atoms with Crippen LogP contribution in [-0.2, 0) is 0 Å². The van der Waals surface area contributed by atoms with Crippen molar-refractivity contribution in [2.24, 2.45) is 5.84 Å². The number of hydrogen-bond acceptors (Lipinski definition) is 6. The van der Waals surface area contributed by atoms with E-state index >= 15 is 0 Å². The summed E-state index contributed by atoms with van der Waals surface area (Å²) in [5.41, 5.74) is 3.33. The van der Waals surface area contributed by atoms with Crippen molar-refractivity contribution in [2.45, 2.75) is 18.7 Å². The van der Waals surface area contributed by atoms with Crippen molar-refractivity contribution in [1.82, 2.24) is 9.97 Å². The summed E-state index contributed by atoms with van der Waals surface area (Å²) in [4.78, 5) is 9.66. The van der Waals surface area contributed by atoms with Gasteiger partial charge in [-0.1, -0.05) is 0 Å². The van der Waals surface area contributed by atoms with Gasteiger partial charge in [-0.15, -0.1) is 11.8 Å². The van der Waals surface area contributed by atoms with Gasteiger partial charge >= 0.3 is 0 Å². The van der Waals surface area contributed by atoms with E-state index in [2.05, 4.69) is 15.4 Å². The van der Waals surface area contributed by atoms with Gasteiger partial charge in [0.1, 0.15) is 17.4 Å². The van der Waals surface area contributed by atoms with Crippen LogP contribution in [0.15, 0.2) is 29.2 Å². The van der Waals surface area contributed by atoms with Crippen LogP contribution in [0.25, 0.3) is 0 Å². The zero-order chi connectivity index (χ0) is 13.8. The highest BCUT2D eigenvalue weighted by Gasteiger charge is 2.10. The predicted octanol–water partition coefficient (Wildman–Crippen LogP) is 2.89. The molecule has 5 nitrogen and oxygen atoms in total. The van der Waals surface area contributed by atoms with Crippen LogP contribution < -0.4 is 16.0 Å². The smallest absolute Gasteiger partial charge is 0.227 e. The Kier molecular flexibility index (Phi) is 4.24. The summed E-state index contributed by atoms with van der Waals surface area (Å²) in [5.74, 6) is 7.85. The minimum Gasteiger partial charge on any atom is -0.439 e. The molecule has 0 unspecified atom stereocenters. The maximum atomic E-state index is 5.78. The van der Waals surface area contributed by atoms with Crippen molar-refractivity contribution in [2.75, 3.05) is 11.7 Å². The molecule has 0 aliphatic heterocycles. The maximum absolute atomic E-state index is 5.78. The topological polar surface area (TPSA) is 73.1 Å². The third-order valence-corrected chi connectivity index (χ3v) is 3.37. The molecule has 0 spiro atoms. The Hall–Kier alpha value is -1.79. The molecule has 0 radical (unpaired) electrons. The van der Waals surface area contributed by atoms with Crippen LogP contribution in [0.4, 0.5) is 5.82 Å². The molecule has 6 heteroatoms. The fourth-order valence-electron chi connectivity index (χ4n) is 1.60. The second kappa shape index (κ2) is 5.90. The van der Waals surface area contributed by atoms with Crippen molar-refractivity contribution in [3.8, 4) is 11.6 Å². The van der Waals surface area contributed by atoms with Crippen molar-refractivity contribution in [1.29, 1.82) is 0 Å². The molecule has 0 aliphatic rings. The van der Waals surface area contributed by atoms with E-state index in [0.29, 0.717) is 17.5 Å². The van der Waals surface area contributed by atoms with Crippen LogP contribution in [0, 0.1) is 13.8 Å². The SMILES string of the molecule is CSc1ccc(Oc2nc(C)nc(NN)c2C)cc1. The number of aryl methyl sites for hydroxylation is 1. The van der Waals surface area contributed by atoms with Gasteiger partial charge in [-0.25, -0.2) is 10.8 Å². The van der Waals surface area contributed by atoms with Gasteiger partial charge in [0.25, 0.3) is 0 Å². The number of ether oxygens (including phenoxy) is 1. The highest BCUT2D eigenvalue weighted by Crippen LogP contribution is 2.27. The second-order valence-corrected chi connectivity index (χ2v) is 4.85. The standard InChI is InChI=1S/C13H16N4OS/c1-8-12(17-14)15-9(2)16-13(8)18-10-4-6-11(19-3)7-5-10/h4-7H,14H2,1-3H3,(H,15,16,17). The van der Waals surface area contributed by atoms with Gasteiger partial charge in [-0.3, -0.25) is 0 Å². The molecule has 100 valence electrons. The van der Waals surface area contributed by atoms with Gasteiger partial charge in [0, 0.05) is 4.90 Å². The number of thioether (sulfide) groups is 1. The van der Waals surface area contributed by atoms with E-state index in [0.717, 1.165) is 11.3 Å². The lowest BCUT2D eigenvalue weighted by Gasteiger charge is -2.11. The fraction of sp³-hybridized carbons (Fsp3) is 0.231. The highest BCUT2D eigenvalue weighted by atomic mass is 32.2. The number of benzene rings is 1. The van der Waals surface area contributed by atoms with E-state index in [4.69, 9.17) is 10.6 Å². The summed E-state index contributed by atoms with van der Waals surface area (Å²) in [6.45, 7) is 3.66. The molecule has 2 rings (SSSR count). The average molecular weight is 276 g/mol. The maximum Gasteiger partial charge on any atom is 0.227 e. The summed E-state index contributed by atoms with van der Waals surface area (Å²) in [6, 6.07) is 7.84. The number of aromatic nitrogens is 2. The zero-order valence-corrected chi connectivity index (χ0v) is 11.9. The number of nitrogens with two attached hydrogens (primary N) is 1. The third kappa shape index (κ3) is 3.15. The Morgan fingerprint density at radius 2 is 1.84 bits per heavy atom. The Labute approximate surface area is 116 Å². The number of anilines is 1. The number of nitrogen functional groups attached to an aromatic ring is 1. The molecule has 0 aliphatic carbocycles. The first-order chi connectivity index (χ1) is 9.13. The van der Waals surface area contributed by atoms with Gasteiger partial charge in [-0.05, 0) is 44.4 Å². The van der Waals surface area contributed by atoms with Crippen LogP contribution in [0.3, 0.4) is 0 Å². The third-order valence-electron chi connectivity index (χ3n) is 2.62. The van der Waals surface area contributed by atoms with E-state index in [1.165, 1.54) is 4.90 Å². The lowest BCUT2D eigenvalue weighted by molar-refractivity contribution is 0.455. The van der Waals surface area contributed by atoms with Gasteiger partial charge in [0.15, 0.2) is 0 Å². The number of nitrogens with zero attached hydrogens (tertiary/aromatic N) is 2. The second-order valence-electron chi connectivity index (χ2n) is 3.97. The Morgan fingerprint density at radius 1 is 1.16 bits per heavy atom. The molecule has 2 aromatic rings. The fourth-order valence-corrected chi connectivity index (χ4v) is 2.01. The molecule has 0 bridgehead atoms. The summed E-state index contributed by atoms with van der Waals surface area (Å²) in [6.07, 6.45) is 2.03. The largest absolute Gasteiger partial charge is 0.439 e. The lowest BCUT2D eigenvalue weighted by atomic mass is 10.3. The molecule has 19 heavy (non-hydrogen) atoms. The number of nitrogens with one attached hydrogen (secondary N) is 1. The van der Waals surface area contributed by atoms with Crippen molar-refractivity contribution < 1.29 is 4.74 Å². The molecule has 1 heterocycles. The Morgan fingerprint density at radius 3 is 2.42 bits per heavy atom. The van der Waals surface area contributed by atoms with Gasteiger partial charge in [0.2, 0.25) is 5.88 Å². The Balaban J connectivity index is 2.29. The number of hydrazine groups is 1. The zero-order valence-electron chi connectivity index (χ0n) is 11.1. The van der Waals surface area contributed by atoms with Gasteiger partial charge in [-0.2, -0.15) is 4.98 Å². The first kappa shape index (κ1) is 13.6. The summed E-state index contributed by atoms with van der Waals surface area (Å²) in [5, 5.41) is 0. The first-order valence-corrected chi connectivity index (χ1v) is 7.00. The van der Waals surface area contributed by atoms with E-state index in [1.54, 1.807) is 18.7 Å². The van der Waals surface area contributed by atoms with Gasteiger partial charge < -0.3 is 10.2 Å². The molecular weight excluding hydrogens is 260 g/mol. The normalized spacial score (nSPS) is 10.3. The number of rotatable bonds is 4. The van der Waals surface area contributed by atoms with E-state index in [9.17, 15) is 0 Å². The van der Waals surface area contributed by atoms with E-state index < -0.39 is 0 Å². The van der Waals surface area contributed by atoms with Crippen LogP contribution in [0.1, 0.15) is 11.4 Å². The minimum atomic E-state index is 0.511. The Bertz CT molecular complexity index is 572. The molecular formula is C13H16N4OS. The highest BCUT2D eigenvalue weighted by molar-refractivity contribution is 7.98. The molecule has 0 saturated carbocycles. The average Bonchev–Trinajstić information content (AvgIpc) is 2.43. The molecule has 0 saturated heterocycles. The molecule has 0 atom stereocenters. The van der Waals surface area contributed by atoms with Crippen LogP contribution in [0.5, 0.6) is 11.6 Å². The molecule has 0 fully saturated rings. The van der Waals surface area contributed by atoms with Crippen molar-refractivity contribution >= 4 is 17.6 Å². The van der Waals surface area contributed by atoms with Crippen LogP contribution >= 0.6 is 11.8 Å². The van der Waals surface area contributed by atoms with Crippen molar-refractivity contribution in [3.05, 3.63) is 35.7 Å². The summed E-state index contributed by atoms with van der Waals surface area (Å²) < 4.78 is 5.78. The first-order valence-electron chi connectivity index (χ1n) is 5.78. The number of hydrogen-bond donors (Lipinski definition) is 2. The van der Waals surface area contributed by atoms with Gasteiger partial charge in [0.05, 0.1) is 5.56 Å². The van der Waals surface area contributed by atoms with Crippen LogP contribution in [0.2, 0.25) is 0 Å². The molecule has 3 N–H and O–H groups in total. The monoisotopic (exact) mass is 276 g/mol. The quantitative estimate of drug-likeness (QED) is 0.508. The van der Waals surface area contributed by atoms with Crippen LogP contribution in [-0.4, -0.2) is 16.2 Å². The molecule has 1 aromatic carbocycles. The molecule has 1 aromatic heterocycles. The summed E-state index contributed by atoms with van der Waals surface area (Å²) in [7, 11) is 0. The minimum absolute atomic E-state index is 0.511. The predicted molar refractivity (Wildman–Crippen MR) is 77.6 cm³/mol. The summed E-state index contributed by atoms with van der Waals surface area (Å²) >= 11 is 1.69. The van der Waals surface area contributed by atoms with Crippen molar-refractivity contribution in [3.63, 3.8) is 0 Å². The van der Waals surface area contributed by atoms with E-state index in [-0.39, 0.29) is 0 Å². The molecule has 0 amide bonds.